The van der Waals surface area contributed by atoms with Crippen LogP contribution in [0.15, 0.2) is 54.6 Å². The van der Waals surface area contributed by atoms with Crippen LogP contribution in [0.3, 0.4) is 0 Å². The Bertz CT molecular complexity index is 465. The van der Waals surface area contributed by atoms with Crippen LogP contribution >= 0.6 is 0 Å². The first-order chi connectivity index (χ1) is 9.25. The molecule has 0 spiro atoms. The molecule has 2 unspecified atom stereocenters. The highest BCUT2D eigenvalue weighted by atomic mass is 16.2. The minimum Gasteiger partial charge on any atom is -0.338 e. The molecule has 0 radical (unpaired) electrons. The number of amides is 2. The van der Waals surface area contributed by atoms with Gasteiger partial charge >= 0.3 is 6.03 Å². The molecule has 1 aliphatic rings. The number of benzene rings is 1. The Labute approximate surface area is 114 Å². The van der Waals surface area contributed by atoms with Crippen LogP contribution in [-0.2, 0) is 0 Å². The van der Waals surface area contributed by atoms with Gasteiger partial charge in [0, 0.05) is 6.54 Å². The summed E-state index contributed by atoms with van der Waals surface area (Å²) in [5, 5.41) is 5.86. The quantitative estimate of drug-likeness (QED) is 0.853. The van der Waals surface area contributed by atoms with Gasteiger partial charge in [-0.25, -0.2) is 4.79 Å². The Kier molecular flexibility index (Phi) is 4.78. The van der Waals surface area contributed by atoms with E-state index < -0.39 is 0 Å². The Balaban J connectivity index is 1.75. The van der Waals surface area contributed by atoms with Crippen molar-refractivity contribution in [1.82, 2.24) is 10.6 Å². The van der Waals surface area contributed by atoms with E-state index in [9.17, 15) is 4.79 Å². The Morgan fingerprint density at radius 1 is 1.32 bits per heavy atom. The molecule has 19 heavy (non-hydrogen) atoms. The third-order valence-corrected chi connectivity index (χ3v) is 3.24. The van der Waals surface area contributed by atoms with E-state index in [0.717, 1.165) is 12.0 Å². The largest absolute Gasteiger partial charge is 0.338 e. The smallest absolute Gasteiger partial charge is 0.315 e. The second-order valence-electron chi connectivity index (χ2n) is 4.80. The van der Waals surface area contributed by atoms with Gasteiger partial charge < -0.3 is 10.6 Å². The fourth-order valence-corrected chi connectivity index (χ4v) is 2.08. The molecule has 2 amide bonds. The average Bonchev–Trinajstić information content (AvgIpc) is 2.47. The van der Waals surface area contributed by atoms with Crippen LogP contribution in [0, 0.1) is 5.92 Å². The second-order valence-corrected chi connectivity index (χ2v) is 4.80. The highest BCUT2D eigenvalue weighted by Crippen LogP contribution is 2.11. The molecule has 2 N–H and O–H groups in total. The molecule has 100 valence electrons. The highest BCUT2D eigenvalue weighted by molar-refractivity contribution is 5.74. The molecule has 0 saturated heterocycles. The maximum Gasteiger partial charge on any atom is 0.315 e. The van der Waals surface area contributed by atoms with Gasteiger partial charge in [0.1, 0.15) is 0 Å². The number of nitrogens with one attached hydrogen (secondary N) is 2. The van der Waals surface area contributed by atoms with Crippen molar-refractivity contribution in [3.05, 3.63) is 60.2 Å². The van der Waals surface area contributed by atoms with Crippen LogP contribution in [0.1, 0.15) is 24.9 Å². The molecular weight excluding hydrogens is 236 g/mol. The SMILES string of the molecule is CC(NC(=O)NCC1C=CC=CC1)c1ccccc1. The normalized spacial score (nSPS) is 18.9. The van der Waals surface area contributed by atoms with Crippen molar-refractivity contribution >= 4 is 6.03 Å². The van der Waals surface area contributed by atoms with Crippen LogP contribution in [0.2, 0.25) is 0 Å². The van der Waals surface area contributed by atoms with Gasteiger partial charge in [0.15, 0.2) is 0 Å². The molecule has 0 aliphatic heterocycles. The summed E-state index contributed by atoms with van der Waals surface area (Å²) in [6.07, 6.45) is 9.30. The van der Waals surface area contributed by atoms with Crippen LogP contribution in [0.5, 0.6) is 0 Å². The number of urea groups is 1. The lowest BCUT2D eigenvalue weighted by Gasteiger charge is -2.17. The van der Waals surface area contributed by atoms with E-state index in [-0.39, 0.29) is 12.1 Å². The zero-order valence-electron chi connectivity index (χ0n) is 11.2. The molecule has 1 aromatic rings. The zero-order chi connectivity index (χ0) is 13.5. The molecule has 3 nitrogen and oxygen atoms in total. The summed E-state index contributed by atoms with van der Waals surface area (Å²) < 4.78 is 0. The minimum absolute atomic E-state index is 0.0167. The maximum atomic E-state index is 11.8. The Hall–Kier alpha value is -2.03. The number of carbonyl (C=O) groups is 1. The minimum atomic E-state index is -0.112. The Morgan fingerprint density at radius 2 is 2.11 bits per heavy atom. The van der Waals surface area contributed by atoms with Crippen LogP contribution in [0.25, 0.3) is 0 Å². The molecule has 1 aliphatic carbocycles. The fourth-order valence-electron chi connectivity index (χ4n) is 2.08. The Morgan fingerprint density at radius 3 is 2.79 bits per heavy atom. The van der Waals surface area contributed by atoms with Crippen molar-refractivity contribution in [3.63, 3.8) is 0 Å². The van der Waals surface area contributed by atoms with Gasteiger partial charge in [0.2, 0.25) is 0 Å². The van der Waals surface area contributed by atoms with Crippen molar-refractivity contribution in [3.8, 4) is 0 Å². The van der Waals surface area contributed by atoms with Gasteiger partial charge in [-0.1, -0.05) is 54.6 Å². The highest BCUT2D eigenvalue weighted by Gasteiger charge is 2.10. The van der Waals surface area contributed by atoms with Crippen molar-refractivity contribution in [2.24, 2.45) is 5.92 Å². The number of carbonyl (C=O) groups excluding carboxylic acids is 1. The van der Waals surface area contributed by atoms with E-state index >= 15 is 0 Å². The predicted octanol–water partition coefficient (Wildman–Crippen LogP) is 3.18. The lowest BCUT2D eigenvalue weighted by Crippen LogP contribution is -2.39. The summed E-state index contributed by atoms with van der Waals surface area (Å²) in [6, 6.07) is 9.86. The molecule has 3 heteroatoms. The average molecular weight is 256 g/mol. The van der Waals surface area contributed by atoms with E-state index in [4.69, 9.17) is 0 Å². The van der Waals surface area contributed by atoms with E-state index in [1.165, 1.54) is 0 Å². The predicted molar refractivity (Wildman–Crippen MR) is 77.8 cm³/mol. The number of hydrogen-bond donors (Lipinski definition) is 2. The summed E-state index contributed by atoms with van der Waals surface area (Å²) in [7, 11) is 0. The standard InChI is InChI=1S/C16H20N2O/c1-13(15-10-6-3-7-11-15)18-16(19)17-12-14-8-4-2-5-9-14/h2-8,10-11,13-14H,9,12H2,1H3,(H2,17,18,19). The molecule has 2 rings (SSSR count). The van der Waals surface area contributed by atoms with Gasteiger partial charge in [-0.15, -0.1) is 0 Å². The van der Waals surface area contributed by atoms with Crippen molar-refractivity contribution in [2.45, 2.75) is 19.4 Å². The first kappa shape index (κ1) is 13.4. The number of rotatable bonds is 4. The lowest BCUT2D eigenvalue weighted by atomic mass is 10.0. The molecule has 1 aromatic carbocycles. The summed E-state index contributed by atoms with van der Waals surface area (Å²) in [6.45, 7) is 2.66. The third-order valence-electron chi connectivity index (χ3n) is 3.24. The van der Waals surface area contributed by atoms with Gasteiger partial charge in [-0.2, -0.15) is 0 Å². The van der Waals surface area contributed by atoms with Gasteiger partial charge in [-0.05, 0) is 24.8 Å². The van der Waals surface area contributed by atoms with Crippen molar-refractivity contribution in [2.75, 3.05) is 6.54 Å². The lowest BCUT2D eigenvalue weighted by molar-refractivity contribution is 0.237. The zero-order valence-corrected chi connectivity index (χ0v) is 11.2. The van der Waals surface area contributed by atoms with Crippen molar-refractivity contribution < 1.29 is 4.79 Å². The molecule has 0 saturated carbocycles. The maximum absolute atomic E-state index is 11.8. The van der Waals surface area contributed by atoms with E-state index in [1.54, 1.807) is 0 Å². The number of allylic oxidation sites excluding steroid dienone is 3. The second kappa shape index (κ2) is 6.78. The van der Waals surface area contributed by atoms with Gasteiger partial charge in [-0.3, -0.25) is 0 Å². The van der Waals surface area contributed by atoms with Gasteiger partial charge in [0.25, 0.3) is 0 Å². The summed E-state index contributed by atoms with van der Waals surface area (Å²) >= 11 is 0. The summed E-state index contributed by atoms with van der Waals surface area (Å²) in [5.41, 5.74) is 1.11. The van der Waals surface area contributed by atoms with Crippen molar-refractivity contribution in [1.29, 1.82) is 0 Å². The van der Waals surface area contributed by atoms with Crippen LogP contribution in [0.4, 0.5) is 4.79 Å². The van der Waals surface area contributed by atoms with Gasteiger partial charge in [0.05, 0.1) is 6.04 Å². The molecule has 0 aromatic heterocycles. The third kappa shape index (κ3) is 4.28. The monoisotopic (exact) mass is 256 g/mol. The fraction of sp³-hybridized carbons (Fsp3) is 0.312. The first-order valence-electron chi connectivity index (χ1n) is 6.68. The van der Waals surface area contributed by atoms with Crippen LogP contribution < -0.4 is 10.6 Å². The molecule has 0 heterocycles. The number of hydrogen-bond acceptors (Lipinski definition) is 1. The summed E-state index contributed by atoms with van der Waals surface area (Å²) in [5.74, 6) is 0.405. The first-order valence-corrected chi connectivity index (χ1v) is 6.68. The van der Waals surface area contributed by atoms with E-state index in [1.807, 2.05) is 49.4 Å². The van der Waals surface area contributed by atoms with E-state index in [0.29, 0.717) is 12.5 Å². The van der Waals surface area contributed by atoms with Crippen LogP contribution in [-0.4, -0.2) is 12.6 Å². The van der Waals surface area contributed by atoms with E-state index in [2.05, 4.69) is 22.8 Å². The molecule has 2 atom stereocenters. The molecule has 0 bridgehead atoms. The topological polar surface area (TPSA) is 41.1 Å². The molecular formula is C16H20N2O. The summed E-state index contributed by atoms with van der Waals surface area (Å²) in [4.78, 5) is 11.8. The molecule has 0 fully saturated rings.